The van der Waals surface area contributed by atoms with E-state index in [1.807, 2.05) is 14.1 Å². The molecule has 0 N–H and O–H groups in total. The summed E-state index contributed by atoms with van der Waals surface area (Å²) >= 11 is 0. The van der Waals surface area contributed by atoms with E-state index in [1.54, 1.807) is 0 Å². The summed E-state index contributed by atoms with van der Waals surface area (Å²) in [6.45, 7) is 7.02. The number of nitriles is 1. The van der Waals surface area contributed by atoms with Crippen molar-refractivity contribution in [1.29, 1.82) is 5.26 Å². The third kappa shape index (κ3) is 3.22. The molecule has 0 spiro atoms. The summed E-state index contributed by atoms with van der Waals surface area (Å²) in [7, 11) is 4.04. The van der Waals surface area contributed by atoms with E-state index < -0.39 is 0 Å². The average molecular weight is 222 g/mol. The normalized spacial score (nSPS) is 28.8. The Hall–Kier alpha value is -0.550. The Bertz CT molecular complexity index is 249. The highest BCUT2D eigenvalue weighted by Crippen LogP contribution is 2.41. The van der Waals surface area contributed by atoms with Gasteiger partial charge in [-0.1, -0.05) is 20.8 Å². The van der Waals surface area contributed by atoms with Crippen LogP contribution in [0.1, 0.15) is 46.5 Å². The van der Waals surface area contributed by atoms with E-state index in [4.69, 9.17) is 0 Å². The predicted octanol–water partition coefficient (Wildman–Crippen LogP) is 3.29. The Labute approximate surface area is 101 Å². The van der Waals surface area contributed by atoms with Gasteiger partial charge in [0.1, 0.15) is 6.04 Å². The van der Waals surface area contributed by atoms with Gasteiger partial charge in [-0.05, 0) is 57.0 Å². The number of hydrogen-bond acceptors (Lipinski definition) is 2. The van der Waals surface area contributed by atoms with Crippen LogP contribution in [0, 0.1) is 28.6 Å². The highest BCUT2D eigenvalue weighted by molar-refractivity contribution is 4.97. The maximum Gasteiger partial charge on any atom is 0.100 e. The second kappa shape index (κ2) is 5.19. The third-order valence-electron chi connectivity index (χ3n) is 4.13. The van der Waals surface area contributed by atoms with Crippen LogP contribution in [-0.2, 0) is 0 Å². The van der Waals surface area contributed by atoms with E-state index in [-0.39, 0.29) is 6.04 Å². The molecule has 1 fully saturated rings. The van der Waals surface area contributed by atoms with Crippen LogP contribution in [0.15, 0.2) is 0 Å². The quantitative estimate of drug-likeness (QED) is 0.717. The molecule has 0 saturated heterocycles. The second-order valence-electron chi connectivity index (χ2n) is 6.52. The summed E-state index contributed by atoms with van der Waals surface area (Å²) in [5.41, 5.74) is 0.436. The van der Waals surface area contributed by atoms with Crippen molar-refractivity contribution in [2.45, 2.75) is 52.5 Å². The lowest BCUT2D eigenvalue weighted by atomic mass is 9.68. The highest BCUT2D eigenvalue weighted by Gasteiger charge is 2.33. The minimum Gasteiger partial charge on any atom is -0.294 e. The molecule has 2 nitrogen and oxygen atoms in total. The fraction of sp³-hybridized carbons (Fsp3) is 0.929. The van der Waals surface area contributed by atoms with E-state index >= 15 is 0 Å². The maximum absolute atomic E-state index is 9.18. The molecule has 1 atom stereocenters. The zero-order valence-electron chi connectivity index (χ0n) is 11.5. The molecule has 0 aromatic carbocycles. The van der Waals surface area contributed by atoms with Crippen molar-refractivity contribution in [2.24, 2.45) is 17.3 Å². The molecule has 0 bridgehead atoms. The van der Waals surface area contributed by atoms with Crippen molar-refractivity contribution in [3.8, 4) is 6.07 Å². The first-order chi connectivity index (χ1) is 7.36. The van der Waals surface area contributed by atoms with Gasteiger partial charge in [-0.2, -0.15) is 5.26 Å². The molecule has 1 saturated carbocycles. The van der Waals surface area contributed by atoms with Crippen LogP contribution in [-0.4, -0.2) is 25.0 Å². The second-order valence-corrected chi connectivity index (χ2v) is 6.52. The highest BCUT2D eigenvalue weighted by atomic mass is 15.1. The fourth-order valence-corrected chi connectivity index (χ4v) is 2.94. The minimum absolute atomic E-state index is 0.112. The molecule has 0 aromatic rings. The predicted molar refractivity (Wildman–Crippen MR) is 68.0 cm³/mol. The molecule has 1 rings (SSSR count). The standard InChI is InChI=1S/C14H26N2/c1-14(2,3)12-8-6-11(7-9-12)13(10-15)16(4)5/h11-13H,6-9H2,1-5H3. The molecule has 92 valence electrons. The molecular weight excluding hydrogens is 196 g/mol. The maximum atomic E-state index is 9.18. The summed E-state index contributed by atoms with van der Waals surface area (Å²) < 4.78 is 0. The van der Waals surface area contributed by atoms with Gasteiger partial charge in [0.2, 0.25) is 0 Å². The Morgan fingerprint density at radius 3 is 1.94 bits per heavy atom. The first-order valence-electron chi connectivity index (χ1n) is 6.42. The van der Waals surface area contributed by atoms with Crippen LogP contribution in [0.2, 0.25) is 0 Å². The van der Waals surface area contributed by atoms with Crippen molar-refractivity contribution in [3.05, 3.63) is 0 Å². The molecule has 1 unspecified atom stereocenters. The number of nitrogens with zero attached hydrogens (tertiary/aromatic N) is 2. The van der Waals surface area contributed by atoms with Gasteiger partial charge in [0, 0.05) is 0 Å². The molecular formula is C14H26N2. The van der Waals surface area contributed by atoms with Gasteiger partial charge < -0.3 is 0 Å². The molecule has 0 radical (unpaired) electrons. The van der Waals surface area contributed by atoms with Crippen LogP contribution in [0.5, 0.6) is 0 Å². The van der Waals surface area contributed by atoms with Gasteiger partial charge in [-0.25, -0.2) is 0 Å². The summed E-state index contributed by atoms with van der Waals surface area (Å²) in [4.78, 5) is 2.07. The summed E-state index contributed by atoms with van der Waals surface area (Å²) in [5, 5.41) is 9.18. The number of rotatable bonds is 2. The van der Waals surface area contributed by atoms with E-state index in [0.29, 0.717) is 11.3 Å². The van der Waals surface area contributed by atoms with Crippen LogP contribution in [0.25, 0.3) is 0 Å². The summed E-state index contributed by atoms with van der Waals surface area (Å²) in [6, 6.07) is 2.56. The molecule has 1 aliphatic rings. The summed E-state index contributed by atoms with van der Waals surface area (Å²) in [6.07, 6.45) is 5.02. The van der Waals surface area contributed by atoms with E-state index in [2.05, 4.69) is 31.7 Å². The van der Waals surface area contributed by atoms with E-state index in [0.717, 1.165) is 5.92 Å². The smallest absolute Gasteiger partial charge is 0.100 e. The lowest BCUT2D eigenvalue weighted by Crippen LogP contribution is -2.37. The lowest BCUT2D eigenvalue weighted by molar-refractivity contribution is 0.120. The van der Waals surface area contributed by atoms with Crippen molar-refractivity contribution in [2.75, 3.05) is 14.1 Å². The SMILES string of the molecule is CN(C)C(C#N)C1CCC(C(C)(C)C)CC1. The Balaban J connectivity index is 2.52. The van der Waals surface area contributed by atoms with Crippen LogP contribution < -0.4 is 0 Å². The van der Waals surface area contributed by atoms with Crippen molar-refractivity contribution in [3.63, 3.8) is 0 Å². The molecule has 0 aromatic heterocycles. The largest absolute Gasteiger partial charge is 0.294 e. The molecule has 0 amide bonds. The molecule has 16 heavy (non-hydrogen) atoms. The first kappa shape index (κ1) is 13.5. The zero-order valence-corrected chi connectivity index (χ0v) is 11.5. The van der Waals surface area contributed by atoms with Gasteiger partial charge in [0.05, 0.1) is 6.07 Å². The molecule has 1 aliphatic carbocycles. The monoisotopic (exact) mass is 222 g/mol. The van der Waals surface area contributed by atoms with E-state index in [9.17, 15) is 5.26 Å². The summed E-state index contributed by atoms with van der Waals surface area (Å²) in [5.74, 6) is 1.42. The molecule has 0 heterocycles. The lowest BCUT2D eigenvalue weighted by Gasteiger charge is -2.39. The van der Waals surface area contributed by atoms with Gasteiger partial charge in [-0.3, -0.25) is 4.90 Å². The Kier molecular flexibility index (Phi) is 4.38. The van der Waals surface area contributed by atoms with Crippen LogP contribution >= 0.6 is 0 Å². The Morgan fingerprint density at radius 2 is 1.62 bits per heavy atom. The zero-order chi connectivity index (χ0) is 12.3. The number of hydrogen-bond donors (Lipinski definition) is 0. The van der Waals surface area contributed by atoms with Crippen molar-refractivity contribution < 1.29 is 0 Å². The van der Waals surface area contributed by atoms with Gasteiger partial charge in [0.15, 0.2) is 0 Å². The van der Waals surface area contributed by atoms with Crippen molar-refractivity contribution >= 4 is 0 Å². The first-order valence-corrected chi connectivity index (χ1v) is 6.42. The topological polar surface area (TPSA) is 27.0 Å². The van der Waals surface area contributed by atoms with Crippen LogP contribution in [0.3, 0.4) is 0 Å². The van der Waals surface area contributed by atoms with Gasteiger partial charge >= 0.3 is 0 Å². The minimum atomic E-state index is 0.112. The molecule has 2 heteroatoms. The van der Waals surface area contributed by atoms with Gasteiger partial charge in [-0.15, -0.1) is 0 Å². The van der Waals surface area contributed by atoms with Gasteiger partial charge in [0.25, 0.3) is 0 Å². The third-order valence-corrected chi connectivity index (χ3v) is 4.13. The average Bonchev–Trinajstić information content (AvgIpc) is 2.17. The van der Waals surface area contributed by atoms with Crippen LogP contribution in [0.4, 0.5) is 0 Å². The Morgan fingerprint density at radius 1 is 1.12 bits per heavy atom. The van der Waals surface area contributed by atoms with E-state index in [1.165, 1.54) is 25.7 Å². The van der Waals surface area contributed by atoms with Crippen molar-refractivity contribution in [1.82, 2.24) is 4.90 Å². The fourth-order valence-electron chi connectivity index (χ4n) is 2.94. The molecule has 0 aliphatic heterocycles.